The fraction of sp³-hybridized carbons (Fsp3) is 0.364. The first kappa shape index (κ1) is 18.3. The zero-order chi connectivity index (χ0) is 19.5. The second-order valence-electron chi connectivity index (χ2n) is 7.15. The van der Waals surface area contributed by atoms with Crippen LogP contribution in [0.25, 0.3) is 0 Å². The average Bonchev–Trinajstić information content (AvgIpc) is 3.22. The molecule has 1 atom stereocenters. The van der Waals surface area contributed by atoms with E-state index in [9.17, 15) is 9.59 Å². The summed E-state index contributed by atoms with van der Waals surface area (Å²) < 4.78 is 11.3. The predicted octanol–water partition coefficient (Wildman–Crippen LogP) is 3.45. The van der Waals surface area contributed by atoms with Crippen LogP contribution in [0.3, 0.4) is 0 Å². The number of hydrogen-bond acceptors (Lipinski definition) is 4. The Morgan fingerprint density at radius 2 is 1.79 bits per heavy atom. The Labute approximate surface area is 163 Å². The van der Waals surface area contributed by atoms with Crippen LogP contribution >= 0.6 is 0 Å². The average molecular weight is 381 g/mol. The summed E-state index contributed by atoms with van der Waals surface area (Å²) in [5, 5.41) is 8.97. The molecule has 0 bridgehead atoms. The third-order valence-corrected chi connectivity index (χ3v) is 5.35. The quantitative estimate of drug-likeness (QED) is 0.858. The lowest BCUT2D eigenvalue weighted by Gasteiger charge is -2.27. The van der Waals surface area contributed by atoms with Crippen molar-refractivity contribution in [3.8, 4) is 11.5 Å². The van der Waals surface area contributed by atoms with Crippen LogP contribution in [0.2, 0.25) is 0 Å². The molecule has 146 valence electrons. The Balaban J connectivity index is 1.41. The van der Waals surface area contributed by atoms with Gasteiger partial charge in [-0.1, -0.05) is 18.2 Å². The van der Waals surface area contributed by atoms with Gasteiger partial charge >= 0.3 is 5.97 Å². The largest absolute Gasteiger partial charge is 0.486 e. The number of carbonyl (C=O) groups is 2. The van der Waals surface area contributed by atoms with Gasteiger partial charge in [0.25, 0.3) is 0 Å². The van der Waals surface area contributed by atoms with Crippen LogP contribution in [-0.2, 0) is 11.2 Å². The number of ether oxygens (including phenoxy) is 2. The number of aromatic carboxylic acids is 1. The summed E-state index contributed by atoms with van der Waals surface area (Å²) in [7, 11) is 0. The molecule has 4 rings (SSSR count). The normalized spacial score (nSPS) is 18.1. The van der Waals surface area contributed by atoms with E-state index < -0.39 is 5.97 Å². The summed E-state index contributed by atoms with van der Waals surface area (Å²) in [4.78, 5) is 25.7. The molecule has 0 aliphatic carbocycles. The molecule has 1 amide bonds. The topological polar surface area (TPSA) is 76.1 Å². The highest BCUT2D eigenvalue weighted by molar-refractivity contribution is 5.87. The van der Waals surface area contributed by atoms with Crippen molar-refractivity contribution in [2.24, 2.45) is 0 Å². The van der Waals surface area contributed by atoms with Crippen LogP contribution in [0, 0.1) is 0 Å². The lowest BCUT2D eigenvalue weighted by Crippen LogP contribution is -2.30. The number of nitrogens with zero attached hydrogens (tertiary/aromatic N) is 1. The van der Waals surface area contributed by atoms with Crippen molar-refractivity contribution in [3.63, 3.8) is 0 Å². The first-order chi connectivity index (χ1) is 13.6. The Bertz CT molecular complexity index is 877. The zero-order valence-electron chi connectivity index (χ0n) is 15.6. The standard InChI is InChI=1S/C22H23NO5/c24-21(10-5-15-3-6-16(7-4-15)22(25)26)23-11-1-2-18(23)17-8-9-19-20(14-17)28-13-12-27-19/h3-4,6-9,14,18H,1-2,5,10-13H2,(H,25,26)/t18-/m1/s1. The van der Waals surface area contributed by atoms with E-state index in [0.717, 1.165) is 42.0 Å². The Morgan fingerprint density at radius 1 is 1.04 bits per heavy atom. The number of carboxylic acid groups (broad SMARTS) is 1. The highest BCUT2D eigenvalue weighted by Crippen LogP contribution is 2.38. The van der Waals surface area contributed by atoms with E-state index >= 15 is 0 Å². The third kappa shape index (κ3) is 3.81. The van der Waals surface area contributed by atoms with Gasteiger partial charge in [0.2, 0.25) is 5.91 Å². The number of likely N-dealkylation sites (tertiary alicyclic amines) is 1. The van der Waals surface area contributed by atoms with E-state index in [2.05, 4.69) is 0 Å². The van der Waals surface area contributed by atoms with E-state index in [1.165, 1.54) is 0 Å². The van der Waals surface area contributed by atoms with Crippen LogP contribution in [0.1, 0.15) is 46.8 Å². The fourth-order valence-corrected chi connectivity index (χ4v) is 3.89. The maximum atomic E-state index is 12.8. The van der Waals surface area contributed by atoms with Gasteiger partial charge in [0.05, 0.1) is 11.6 Å². The summed E-state index contributed by atoms with van der Waals surface area (Å²) in [6.07, 6.45) is 2.94. The molecule has 6 heteroatoms. The number of benzene rings is 2. The first-order valence-corrected chi connectivity index (χ1v) is 9.63. The van der Waals surface area contributed by atoms with Gasteiger partial charge < -0.3 is 19.5 Å². The van der Waals surface area contributed by atoms with Crippen molar-refractivity contribution in [2.75, 3.05) is 19.8 Å². The third-order valence-electron chi connectivity index (χ3n) is 5.35. The lowest BCUT2D eigenvalue weighted by molar-refractivity contribution is -0.132. The molecule has 0 radical (unpaired) electrons. The highest BCUT2D eigenvalue weighted by Gasteiger charge is 2.30. The molecule has 1 saturated heterocycles. The molecule has 0 unspecified atom stereocenters. The van der Waals surface area contributed by atoms with Gasteiger partial charge in [-0.15, -0.1) is 0 Å². The molecule has 2 aromatic rings. The number of amides is 1. The van der Waals surface area contributed by atoms with Crippen LogP contribution in [-0.4, -0.2) is 41.6 Å². The second-order valence-corrected chi connectivity index (χ2v) is 7.15. The lowest BCUT2D eigenvalue weighted by atomic mass is 10.0. The van der Waals surface area contributed by atoms with Crippen LogP contribution in [0.15, 0.2) is 42.5 Å². The maximum Gasteiger partial charge on any atom is 0.335 e. The Hall–Kier alpha value is -3.02. The number of fused-ring (bicyclic) bond motifs is 1. The van der Waals surface area contributed by atoms with Crippen molar-refractivity contribution < 1.29 is 24.2 Å². The molecule has 0 spiro atoms. The summed E-state index contributed by atoms with van der Waals surface area (Å²) in [5.41, 5.74) is 2.31. The van der Waals surface area contributed by atoms with Gasteiger partial charge in [-0.2, -0.15) is 0 Å². The minimum absolute atomic E-state index is 0.0673. The summed E-state index contributed by atoms with van der Waals surface area (Å²) in [6, 6.07) is 12.7. The SMILES string of the molecule is O=C(O)c1ccc(CCC(=O)N2CCC[C@@H]2c2ccc3c(c2)OCCO3)cc1. The molecule has 2 aromatic carbocycles. The van der Waals surface area contributed by atoms with Gasteiger partial charge in [0, 0.05) is 13.0 Å². The number of hydrogen-bond donors (Lipinski definition) is 1. The second kappa shape index (κ2) is 7.92. The first-order valence-electron chi connectivity index (χ1n) is 9.63. The minimum Gasteiger partial charge on any atom is -0.486 e. The van der Waals surface area contributed by atoms with E-state index in [0.29, 0.717) is 26.1 Å². The predicted molar refractivity (Wildman–Crippen MR) is 103 cm³/mol. The van der Waals surface area contributed by atoms with E-state index in [4.69, 9.17) is 14.6 Å². The molecule has 1 fully saturated rings. The molecule has 0 aromatic heterocycles. The van der Waals surface area contributed by atoms with Crippen LogP contribution in [0.5, 0.6) is 11.5 Å². The highest BCUT2D eigenvalue weighted by atomic mass is 16.6. The van der Waals surface area contributed by atoms with Crippen molar-refractivity contribution in [3.05, 3.63) is 59.2 Å². The van der Waals surface area contributed by atoms with E-state index in [1.807, 2.05) is 23.1 Å². The molecular formula is C22H23NO5. The number of aryl methyl sites for hydroxylation is 1. The van der Waals surface area contributed by atoms with Crippen molar-refractivity contribution in [2.45, 2.75) is 31.7 Å². The number of carbonyl (C=O) groups excluding carboxylic acids is 1. The number of carboxylic acids is 1. The monoisotopic (exact) mass is 381 g/mol. The van der Waals surface area contributed by atoms with E-state index in [1.54, 1.807) is 24.3 Å². The van der Waals surface area contributed by atoms with Crippen molar-refractivity contribution in [1.29, 1.82) is 0 Å². The molecule has 28 heavy (non-hydrogen) atoms. The maximum absolute atomic E-state index is 12.8. The van der Waals surface area contributed by atoms with Gasteiger partial charge in [0.15, 0.2) is 11.5 Å². The fourth-order valence-electron chi connectivity index (χ4n) is 3.89. The van der Waals surface area contributed by atoms with Gasteiger partial charge in [0.1, 0.15) is 13.2 Å². The Kier molecular flexibility index (Phi) is 5.19. The molecule has 2 heterocycles. The minimum atomic E-state index is -0.943. The summed E-state index contributed by atoms with van der Waals surface area (Å²) in [5.74, 6) is 0.693. The molecule has 2 aliphatic heterocycles. The van der Waals surface area contributed by atoms with Crippen LogP contribution in [0.4, 0.5) is 0 Å². The van der Waals surface area contributed by atoms with Crippen molar-refractivity contribution >= 4 is 11.9 Å². The van der Waals surface area contributed by atoms with E-state index in [-0.39, 0.29) is 17.5 Å². The molecule has 0 saturated carbocycles. The van der Waals surface area contributed by atoms with Gasteiger partial charge in [-0.25, -0.2) is 4.79 Å². The van der Waals surface area contributed by atoms with Crippen LogP contribution < -0.4 is 9.47 Å². The molecule has 1 N–H and O–H groups in total. The van der Waals surface area contributed by atoms with Crippen molar-refractivity contribution in [1.82, 2.24) is 4.90 Å². The zero-order valence-corrected chi connectivity index (χ0v) is 15.6. The van der Waals surface area contributed by atoms with Gasteiger partial charge in [-0.3, -0.25) is 4.79 Å². The molecule has 2 aliphatic rings. The molecular weight excluding hydrogens is 358 g/mol. The van der Waals surface area contributed by atoms with Gasteiger partial charge in [-0.05, 0) is 54.7 Å². The molecule has 6 nitrogen and oxygen atoms in total. The summed E-state index contributed by atoms with van der Waals surface area (Å²) in [6.45, 7) is 1.87. The Morgan fingerprint density at radius 3 is 2.54 bits per heavy atom. The summed E-state index contributed by atoms with van der Waals surface area (Å²) >= 11 is 0. The number of rotatable bonds is 5. The smallest absolute Gasteiger partial charge is 0.335 e.